The van der Waals surface area contributed by atoms with Crippen molar-refractivity contribution < 1.29 is 4.74 Å². The van der Waals surface area contributed by atoms with E-state index in [1.165, 1.54) is 0 Å². The second-order valence-corrected chi connectivity index (χ2v) is 6.20. The number of hydrogen-bond acceptors (Lipinski definition) is 6. The standard InChI is InChI=1S/C18H13Cl2N5O/c19-12-5-4-11(15(20)7-12)9-26-13-3-1-2-10(6-13)16-14(8-21)17(22)25-18(23)24-16/h1-7H,9H2,(H4,22,23,24,25). The first-order valence-electron chi connectivity index (χ1n) is 7.48. The first kappa shape index (κ1) is 17.8. The summed E-state index contributed by atoms with van der Waals surface area (Å²) in [5.74, 6) is 0.609. The smallest absolute Gasteiger partial charge is 0.222 e. The molecule has 2 aromatic carbocycles. The zero-order valence-electron chi connectivity index (χ0n) is 13.4. The molecule has 3 rings (SSSR count). The molecule has 0 amide bonds. The topological polar surface area (TPSA) is 111 Å². The van der Waals surface area contributed by atoms with Gasteiger partial charge in [-0.2, -0.15) is 10.2 Å². The van der Waals surface area contributed by atoms with Crippen LogP contribution in [0.25, 0.3) is 11.3 Å². The van der Waals surface area contributed by atoms with Gasteiger partial charge in [0, 0.05) is 21.2 Å². The van der Waals surface area contributed by atoms with E-state index >= 15 is 0 Å². The van der Waals surface area contributed by atoms with Gasteiger partial charge in [0.1, 0.15) is 29.8 Å². The predicted molar refractivity (Wildman–Crippen MR) is 102 cm³/mol. The number of nitrogen functional groups attached to an aromatic ring is 2. The molecule has 0 unspecified atom stereocenters. The highest BCUT2D eigenvalue weighted by atomic mass is 35.5. The Bertz CT molecular complexity index is 1020. The summed E-state index contributed by atoms with van der Waals surface area (Å²) < 4.78 is 5.79. The van der Waals surface area contributed by atoms with Crippen LogP contribution in [0, 0.1) is 11.3 Å². The van der Waals surface area contributed by atoms with Crippen LogP contribution in [-0.2, 0) is 6.61 Å². The van der Waals surface area contributed by atoms with E-state index in [2.05, 4.69) is 9.97 Å². The molecule has 130 valence electrons. The van der Waals surface area contributed by atoms with Gasteiger partial charge in [0.2, 0.25) is 5.95 Å². The summed E-state index contributed by atoms with van der Waals surface area (Å²) in [6, 6.07) is 14.3. The molecule has 4 N–H and O–H groups in total. The van der Waals surface area contributed by atoms with Crippen LogP contribution < -0.4 is 16.2 Å². The van der Waals surface area contributed by atoms with Gasteiger partial charge in [0.25, 0.3) is 0 Å². The molecular formula is C18H13Cl2N5O. The van der Waals surface area contributed by atoms with Crippen LogP contribution in [0.3, 0.4) is 0 Å². The van der Waals surface area contributed by atoms with Crippen molar-refractivity contribution >= 4 is 35.0 Å². The zero-order valence-corrected chi connectivity index (χ0v) is 14.9. The molecule has 0 saturated heterocycles. The zero-order chi connectivity index (χ0) is 18.7. The van der Waals surface area contributed by atoms with Crippen molar-refractivity contribution in [1.29, 1.82) is 5.26 Å². The Kier molecular flexibility index (Phi) is 5.12. The summed E-state index contributed by atoms with van der Waals surface area (Å²) in [7, 11) is 0. The van der Waals surface area contributed by atoms with Crippen LogP contribution in [0.4, 0.5) is 11.8 Å². The lowest BCUT2D eigenvalue weighted by Gasteiger charge is -2.11. The Hall–Kier alpha value is -3.01. The van der Waals surface area contributed by atoms with Crippen molar-refractivity contribution in [3.8, 4) is 23.1 Å². The molecule has 0 bridgehead atoms. The van der Waals surface area contributed by atoms with Gasteiger partial charge in [0.15, 0.2) is 0 Å². The van der Waals surface area contributed by atoms with Crippen molar-refractivity contribution in [2.24, 2.45) is 0 Å². The maximum Gasteiger partial charge on any atom is 0.222 e. The van der Waals surface area contributed by atoms with Crippen LogP contribution >= 0.6 is 23.2 Å². The average Bonchev–Trinajstić information content (AvgIpc) is 2.60. The highest BCUT2D eigenvalue weighted by molar-refractivity contribution is 6.35. The molecule has 0 aliphatic heterocycles. The van der Waals surface area contributed by atoms with Crippen LogP contribution in [0.1, 0.15) is 11.1 Å². The van der Waals surface area contributed by atoms with E-state index < -0.39 is 0 Å². The quantitative estimate of drug-likeness (QED) is 0.699. The number of rotatable bonds is 4. The van der Waals surface area contributed by atoms with Gasteiger partial charge in [0.05, 0.1) is 5.69 Å². The van der Waals surface area contributed by atoms with E-state index in [1.54, 1.807) is 42.5 Å². The minimum Gasteiger partial charge on any atom is -0.489 e. The van der Waals surface area contributed by atoms with E-state index in [0.29, 0.717) is 27.1 Å². The maximum absolute atomic E-state index is 9.32. The van der Waals surface area contributed by atoms with Crippen LogP contribution in [-0.4, -0.2) is 9.97 Å². The molecule has 8 heteroatoms. The fourth-order valence-electron chi connectivity index (χ4n) is 2.35. The van der Waals surface area contributed by atoms with Crippen molar-refractivity contribution in [3.63, 3.8) is 0 Å². The largest absolute Gasteiger partial charge is 0.489 e. The lowest BCUT2D eigenvalue weighted by Crippen LogP contribution is -2.05. The third-order valence-corrected chi connectivity index (χ3v) is 4.17. The van der Waals surface area contributed by atoms with Gasteiger partial charge in [-0.15, -0.1) is 0 Å². The van der Waals surface area contributed by atoms with Crippen molar-refractivity contribution in [2.75, 3.05) is 11.5 Å². The minimum absolute atomic E-state index is 0.00392. The SMILES string of the molecule is N#Cc1c(N)nc(N)nc1-c1cccc(OCc2ccc(Cl)cc2Cl)c1. The Labute approximate surface area is 160 Å². The predicted octanol–water partition coefficient (Wildman–Crippen LogP) is 4.07. The third-order valence-electron chi connectivity index (χ3n) is 3.58. The summed E-state index contributed by atoms with van der Waals surface area (Å²) in [6.07, 6.45) is 0. The lowest BCUT2D eigenvalue weighted by molar-refractivity contribution is 0.306. The molecule has 1 aromatic heterocycles. The van der Waals surface area contributed by atoms with Gasteiger partial charge in [-0.1, -0.05) is 41.4 Å². The van der Waals surface area contributed by atoms with Gasteiger partial charge in [-0.05, 0) is 24.3 Å². The highest BCUT2D eigenvalue weighted by Gasteiger charge is 2.14. The lowest BCUT2D eigenvalue weighted by atomic mass is 10.1. The molecule has 3 aromatic rings. The first-order chi connectivity index (χ1) is 12.5. The van der Waals surface area contributed by atoms with Gasteiger partial charge in [-0.25, -0.2) is 4.98 Å². The van der Waals surface area contributed by atoms with E-state index in [0.717, 1.165) is 5.56 Å². The number of halogens is 2. The van der Waals surface area contributed by atoms with E-state index in [4.69, 9.17) is 39.4 Å². The molecular weight excluding hydrogens is 373 g/mol. The Morgan fingerprint density at radius 2 is 1.88 bits per heavy atom. The number of nitrogens with zero attached hydrogens (tertiary/aromatic N) is 3. The van der Waals surface area contributed by atoms with Gasteiger partial charge in [-0.3, -0.25) is 0 Å². The van der Waals surface area contributed by atoms with Crippen molar-refractivity contribution in [3.05, 3.63) is 63.6 Å². The molecule has 0 fully saturated rings. The number of aromatic nitrogens is 2. The summed E-state index contributed by atoms with van der Waals surface area (Å²) in [6.45, 7) is 0.263. The summed E-state index contributed by atoms with van der Waals surface area (Å²) in [4.78, 5) is 7.94. The first-order valence-corrected chi connectivity index (χ1v) is 8.24. The minimum atomic E-state index is -0.00392. The number of benzene rings is 2. The van der Waals surface area contributed by atoms with Crippen LogP contribution in [0.15, 0.2) is 42.5 Å². The van der Waals surface area contributed by atoms with E-state index in [1.807, 2.05) is 6.07 Å². The second kappa shape index (κ2) is 7.48. The fraction of sp³-hybridized carbons (Fsp3) is 0.0556. The van der Waals surface area contributed by atoms with Crippen molar-refractivity contribution in [2.45, 2.75) is 6.61 Å². The molecule has 6 nitrogen and oxygen atoms in total. The Balaban J connectivity index is 1.89. The summed E-state index contributed by atoms with van der Waals surface area (Å²) >= 11 is 12.0. The monoisotopic (exact) mass is 385 g/mol. The number of nitrogens with two attached hydrogens (primary N) is 2. The molecule has 0 saturated carbocycles. The average molecular weight is 386 g/mol. The number of anilines is 2. The van der Waals surface area contributed by atoms with Crippen LogP contribution in [0.2, 0.25) is 10.0 Å². The molecule has 0 aliphatic carbocycles. The van der Waals surface area contributed by atoms with E-state index in [-0.39, 0.29) is 23.9 Å². The van der Waals surface area contributed by atoms with Crippen molar-refractivity contribution in [1.82, 2.24) is 9.97 Å². The molecule has 26 heavy (non-hydrogen) atoms. The summed E-state index contributed by atoms with van der Waals surface area (Å²) in [5.41, 5.74) is 13.4. The molecule has 0 aliphatic rings. The molecule has 1 heterocycles. The summed E-state index contributed by atoms with van der Waals surface area (Å²) in [5, 5.41) is 10.4. The molecule has 0 atom stereocenters. The number of hydrogen-bond donors (Lipinski definition) is 2. The maximum atomic E-state index is 9.32. The van der Waals surface area contributed by atoms with Crippen LogP contribution in [0.5, 0.6) is 5.75 Å². The second-order valence-electron chi connectivity index (χ2n) is 5.35. The van der Waals surface area contributed by atoms with Gasteiger partial charge < -0.3 is 16.2 Å². The van der Waals surface area contributed by atoms with E-state index in [9.17, 15) is 5.26 Å². The molecule has 0 spiro atoms. The Morgan fingerprint density at radius 3 is 2.62 bits per heavy atom. The highest BCUT2D eigenvalue weighted by Crippen LogP contribution is 2.29. The molecule has 0 radical (unpaired) electrons. The number of ether oxygens (including phenoxy) is 1. The fourth-order valence-corrected chi connectivity index (χ4v) is 2.81. The number of nitriles is 1. The van der Waals surface area contributed by atoms with Gasteiger partial charge >= 0.3 is 0 Å². The Morgan fingerprint density at radius 1 is 1.08 bits per heavy atom. The normalized spacial score (nSPS) is 10.3. The third kappa shape index (κ3) is 3.80.